The number of rotatable bonds is 4. The summed E-state index contributed by atoms with van der Waals surface area (Å²) < 4.78 is 0. The number of benzene rings is 2. The smallest absolute Gasteiger partial charge is 0.335 e. The van der Waals surface area contributed by atoms with Crippen LogP contribution in [-0.4, -0.2) is 39.7 Å². The van der Waals surface area contributed by atoms with E-state index in [1.54, 1.807) is 29.0 Å². The Labute approximate surface area is 160 Å². The van der Waals surface area contributed by atoms with E-state index < -0.39 is 10.8 Å². The van der Waals surface area contributed by atoms with E-state index in [1.165, 1.54) is 23.9 Å². The molecule has 2 aromatic rings. The standard InChI is InChI=1S/C20H18N2O4S/c1-21(12-13-6-8-14(9-7-13)18(24)25)19(26)20-11-10-17(23)22(20)15-4-2-3-5-16(15)27-20/h2-9H,10-12H2,1H3,(H,24,25). The van der Waals surface area contributed by atoms with Crippen molar-refractivity contribution in [1.29, 1.82) is 0 Å². The summed E-state index contributed by atoms with van der Waals surface area (Å²) in [6.45, 7) is 0.347. The Bertz CT molecular complexity index is 943. The zero-order valence-corrected chi connectivity index (χ0v) is 15.5. The summed E-state index contributed by atoms with van der Waals surface area (Å²) in [5.41, 5.74) is 1.85. The highest BCUT2D eigenvalue weighted by atomic mass is 32.2. The number of nitrogens with zero attached hydrogens (tertiary/aromatic N) is 2. The lowest BCUT2D eigenvalue weighted by molar-refractivity contribution is -0.133. The summed E-state index contributed by atoms with van der Waals surface area (Å²) >= 11 is 1.45. The van der Waals surface area contributed by atoms with Crippen molar-refractivity contribution in [3.63, 3.8) is 0 Å². The number of fused-ring (bicyclic) bond motifs is 3. The third-order valence-electron chi connectivity index (χ3n) is 4.97. The molecule has 7 heteroatoms. The van der Waals surface area contributed by atoms with Gasteiger partial charge in [-0.25, -0.2) is 4.79 Å². The molecule has 0 aromatic heterocycles. The van der Waals surface area contributed by atoms with E-state index in [1.807, 2.05) is 24.3 Å². The van der Waals surface area contributed by atoms with Gasteiger partial charge >= 0.3 is 5.97 Å². The minimum Gasteiger partial charge on any atom is -0.478 e. The third-order valence-corrected chi connectivity index (χ3v) is 6.44. The lowest BCUT2D eigenvalue weighted by atomic mass is 10.1. The summed E-state index contributed by atoms with van der Waals surface area (Å²) in [5.74, 6) is -1.12. The zero-order chi connectivity index (χ0) is 19.2. The summed E-state index contributed by atoms with van der Waals surface area (Å²) in [6.07, 6.45) is 0.834. The molecule has 6 nitrogen and oxygen atoms in total. The Balaban J connectivity index is 1.58. The molecule has 2 aromatic carbocycles. The van der Waals surface area contributed by atoms with Crippen molar-refractivity contribution in [2.75, 3.05) is 11.9 Å². The van der Waals surface area contributed by atoms with Gasteiger partial charge in [-0.3, -0.25) is 14.5 Å². The predicted octanol–water partition coefficient (Wildman–Crippen LogP) is 2.97. The maximum absolute atomic E-state index is 13.4. The van der Waals surface area contributed by atoms with Gasteiger partial charge in [0, 0.05) is 24.9 Å². The maximum Gasteiger partial charge on any atom is 0.335 e. The molecule has 0 spiro atoms. The Kier molecular flexibility index (Phi) is 4.19. The molecular formula is C20H18N2O4S. The van der Waals surface area contributed by atoms with Gasteiger partial charge in [-0.15, -0.1) is 0 Å². The Hall–Kier alpha value is -2.80. The number of likely N-dealkylation sites (N-methyl/N-ethyl adjacent to an activating group) is 1. The molecule has 1 unspecified atom stereocenters. The fourth-order valence-electron chi connectivity index (χ4n) is 3.68. The van der Waals surface area contributed by atoms with Crippen LogP contribution in [0.5, 0.6) is 0 Å². The number of thioether (sulfide) groups is 1. The number of amides is 2. The first-order valence-electron chi connectivity index (χ1n) is 8.61. The molecular weight excluding hydrogens is 364 g/mol. The monoisotopic (exact) mass is 382 g/mol. The third kappa shape index (κ3) is 2.78. The van der Waals surface area contributed by atoms with Gasteiger partial charge in [0.25, 0.3) is 5.91 Å². The largest absolute Gasteiger partial charge is 0.478 e. The molecule has 0 radical (unpaired) electrons. The number of para-hydroxylation sites is 1. The molecule has 27 heavy (non-hydrogen) atoms. The topological polar surface area (TPSA) is 77.9 Å². The average Bonchev–Trinajstić information content (AvgIpc) is 3.17. The molecule has 2 heterocycles. The predicted molar refractivity (Wildman–Crippen MR) is 102 cm³/mol. The molecule has 138 valence electrons. The molecule has 0 aliphatic carbocycles. The highest BCUT2D eigenvalue weighted by Gasteiger charge is 2.58. The highest BCUT2D eigenvalue weighted by Crippen LogP contribution is 2.56. The number of carbonyl (C=O) groups is 3. The lowest BCUT2D eigenvalue weighted by Crippen LogP contribution is -2.52. The second kappa shape index (κ2) is 6.42. The first-order chi connectivity index (χ1) is 12.9. The quantitative estimate of drug-likeness (QED) is 0.880. The average molecular weight is 382 g/mol. The molecule has 1 saturated heterocycles. The van der Waals surface area contributed by atoms with E-state index >= 15 is 0 Å². The van der Waals surface area contributed by atoms with Gasteiger partial charge in [0.05, 0.1) is 11.3 Å². The molecule has 1 fully saturated rings. The molecule has 2 aliphatic rings. The van der Waals surface area contributed by atoms with Gasteiger partial charge < -0.3 is 10.0 Å². The van der Waals surface area contributed by atoms with Crippen LogP contribution in [0.4, 0.5) is 5.69 Å². The van der Waals surface area contributed by atoms with Gasteiger partial charge in [0.2, 0.25) is 5.91 Å². The molecule has 4 rings (SSSR count). The molecule has 1 N–H and O–H groups in total. The Morgan fingerprint density at radius 3 is 2.59 bits per heavy atom. The van der Waals surface area contributed by atoms with Crippen molar-refractivity contribution < 1.29 is 19.5 Å². The Morgan fingerprint density at radius 2 is 1.89 bits per heavy atom. The fourth-order valence-corrected chi connectivity index (χ4v) is 5.19. The molecule has 0 saturated carbocycles. The SMILES string of the molecule is CN(Cc1ccc(C(=O)O)cc1)C(=O)C12CCC(=O)N1c1ccccc1S2. The van der Waals surface area contributed by atoms with Crippen LogP contribution in [0.2, 0.25) is 0 Å². The van der Waals surface area contributed by atoms with Crippen LogP contribution in [0, 0.1) is 0 Å². The number of hydrogen-bond donors (Lipinski definition) is 1. The lowest BCUT2D eigenvalue weighted by Gasteiger charge is -2.33. The number of carbonyl (C=O) groups excluding carboxylic acids is 2. The van der Waals surface area contributed by atoms with Crippen molar-refractivity contribution in [2.45, 2.75) is 29.2 Å². The molecule has 0 bridgehead atoms. The zero-order valence-electron chi connectivity index (χ0n) is 14.7. The van der Waals surface area contributed by atoms with Crippen molar-refractivity contribution in [2.24, 2.45) is 0 Å². The van der Waals surface area contributed by atoms with E-state index in [2.05, 4.69) is 0 Å². The second-order valence-corrected chi connectivity index (χ2v) is 8.07. The number of hydrogen-bond acceptors (Lipinski definition) is 4. The van der Waals surface area contributed by atoms with Crippen molar-refractivity contribution in [3.05, 3.63) is 59.7 Å². The number of carboxylic acids is 1. The van der Waals surface area contributed by atoms with Crippen molar-refractivity contribution in [1.82, 2.24) is 4.90 Å². The second-order valence-electron chi connectivity index (χ2n) is 6.75. The van der Waals surface area contributed by atoms with Crippen molar-refractivity contribution >= 4 is 35.2 Å². The van der Waals surface area contributed by atoms with E-state index in [-0.39, 0.29) is 17.4 Å². The Morgan fingerprint density at radius 1 is 1.19 bits per heavy atom. The van der Waals surface area contributed by atoms with Gasteiger partial charge in [-0.1, -0.05) is 36.0 Å². The van der Waals surface area contributed by atoms with E-state index in [9.17, 15) is 14.4 Å². The van der Waals surface area contributed by atoms with Crippen LogP contribution in [0.3, 0.4) is 0 Å². The van der Waals surface area contributed by atoms with Crippen LogP contribution in [0.25, 0.3) is 0 Å². The van der Waals surface area contributed by atoms with Gasteiger partial charge in [-0.2, -0.15) is 0 Å². The van der Waals surface area contributed by atoms with Crippen LogP contribution in [-0.2, 0) is 16.1 Å². The summed E-state index contributed by atoms with van der Waals surface area (Å²) in [4.78, 5) is 40.1. The van der Waals surface area contributed by atoms with Gasteiger partial charge in [0.15, 0.2) is 4.87 Å². The molecule has 2 amide bonds. The summed E-state index contributed by atoms with van der Waals surface area (Å²) in [5, 5.41) is 9.00. The minimum atomic E-state index is -0.981. The molecule has 1 atom stereocenters. The van der Waals surface area contributed by atoms with Gasteiger partial charge in [0.1, 0.15) is 0 Å². The minimum absolute atomic E-state index is 0.0278. The van der Waals surface area contributed by atoms with E-state index in [4.69, 9.17) is 5.11 Å². The molecule has 2 aliphatic heterocycles. The highest BCUT2D eigenvalue weighted by molar-refractivity contribution is 8.02. The van der Waals surface area contributed by atoms with Crippen LogP contribution < -0.4 is 4.90 Å². The summed E-state index contributed by atoms with van der Waals surface area (Å²) in [7, 11) is 1.71. The summed E-state index contributed by atoms with van der Waals surface area (Å²) in [6, 6.07) is 14.1. The first kappa shape index (κ1) is 17.6. The van der Waals surface area contributed by atoms with Crippen molar-refractivity contribution in [3.8, 4) is 0 Å². The number of aromatic carboxylic acids is 1. The maximum atomic E-state index is 13.4. The number of carboxylic acid groups (broad SMARTS) is 1. The van der Waals surface area contributed by atoms with Crippen LogP contribution in [0.1, 0.15) is 28.8 Å². The van der Waals surface area contributed by atoms with Crippen LogP contribution >= 0.6 is 11.8 Å². The fraction of sp³-hybridized carbons (Fsp3) is 0.250. The van der Waals surface area contributed by atoms with Gasteiger partial charge in [-0.05, 0) is 36.2 Å². The first-order valence-corrected chi connectivity index (χ1v) is 9.43. The number of anilines is 1. The van der Waals surface area contributed by atoms with E-state index in [0.717, 1.165) is 16.1 Å². The van der Waals surface area contributed by atoms with E-state index in [0.29, 0.717) is 19.4 Å². The van der Waals surface area contributed by atoms with Crippen LogP contribution in [0.15, 0.2) is 53.4 Å². The normalized spacial score (nSPS) is 20.3.